The fourth-order valence-corrected chi connectivity index (χ4v) is 4.31. The smallest absolute Gasteiger partial charge is 0.266 e. The number of halogens is 4. The number of benzene rings is 2. The highest BCUT2D eigenvalue weighted by Crippen LogP contribution is 2.31. The van der Waals surface area contributed by atoms with Crippen molar-refractivity contribution in [3.63, 3.8) is 0 Å². The first-order chi connectivity index (χ1) is 10.7. The first-order valence-electron chi connectivity index (χ1n) is 6.13. The summed E-state index contributed by atoms with van der Waals surface area (Å²) in [7, 11) is -4.15. The molecule has 23 heavy (non-hydrogen) atoms. The number of rotatable bonds is 5. The van der Waals surface area contributed by atoms with Gasteiger partial charge in [0.2, 0.25) is 5.24 Å². The van der Waals surface area contributed by atoms with Gasteiger partial charge < -0.3 is 0 Å². The number of sulfonamides is 1. The van der Waals surface area contributed by atoms with Gasteiger partial charge in [0.25, 0.3) is 10.0 Å². The number of nitrogens with zero attached hydrogens (tertiary/aromatic N) is 1. The molecule has 0 amide bonds. The maximum absolute atomic E-state index is 12.9. The van der Waals surface area contributed by atoms with Crippen LogP contribution in [-0.4, -0.2) is 20.2 Å². The van der Waals surface area contributed by atoms with Crippen molar-refractivity contribution in [2.24, 2.45) is 0 Å². The summed E-state index contributed by atoms with van der Waals surface area (Å²) in [4.78, 5) is 11.1. The van der Waals surface area contributed by atoms with E-state index in [4.69, 9.17) is 46.4 Å². The number of hydrogen-bond acceptors (Lipinski definition) is 3. The molecule has 0 atom stereocenters. The van der Waals surface area contributed by atoms with Crippen LogP contribution in [-0.2, 0) is 14.8 Å². The third-order valence-electron chi connectivity index (χ3n) is 2.84. The lowest BCUT2D eigenvalue weighted by Gasteiger charge is -2.23. The molecule has 4 nitrogen and oxygen atoms in total. The minimum atomic E-state index is -4.15. The highest BCUT2D eigenvalue weighted by Gasteiger charge is 2.29. The van der Waals surface area contributed by atoms with Crippen LogP contribution >= 0.6 is 46.4 Å². The molecule has 0 saturated carbocycles. The van der Waals surface area contributed by atoms with Crippen LogP contribution in [0.1, 0.15) is 0 Å². The number of carbonyl (C=O) groups excluding carboxylic acids is 1. The molecule has 0 aliphatic heterocycles. The summed E-state index contributed by atoms with van der Waals surface area (Å²) in [6.07, 6.45) is 0. The van der Waals surface area contributed by atoms with Gasteiger partial charge in [0.15, 0.2) is 0 Å². The average Bonchev–Trinajstić information content (AvgIpc) is 2.48. The van der Waals surface area contributed by atoms with Gasteiger partial charge in [0, 0.05) is 10.0 Å². The van der Waals surface area contributed by atoms with Crippen LogP contribution in [0, 0.1) is 0 Å². The van der Waals surface area contributed by atoms with Gasteiger partial charge in [-0.15, -0.1) is 0 Å². The van der Waals surface area contributed by atoms with Crippen molar-refractivity contribution < 1.29 is 13.2 Å². The molecule has 0 heterocycles. The van der Waals surface area contributed by atoms with Crippen LogP contribution in [0.5, 0.6) is 0 Å². The summed E-state index contributed by atoms with van der Waals surface area (Å²) < 4.78 is 26.6. The zero-order valence-corrected chi connectivity index (χ0v) is 15.2. The number of hydrogen-bond donors (Lipinski definition) is 0. The van der Waals surface area contributed by atoms with Crippen molar-refractivity contribution in [2.45, 2.75) is 4.90 Å². The summed E-state index contributed by atoms with van der Waals surface area (Å²) in [5.74, 6) is 0. The quantitative estimate of drug-likeness (QED) is 0.674. The van der Waals surface area contributed by atoms with Crippen molar-refractivity contribution >= 4 is 67.4 Å². The molecule has 0 fully saturated rings. The van der Waals surface area contributed by atoms with E-state index in [9.17, 15) is 13.2 Å². The topological polar surface area (TPSA) is 54.5 Å². The molecular weight excluding hydrogens is 404 g/mol. The predicted molar refractivity (Wildman–Crippen MR) is 93.3 cm³/mol. The second-order valence-electron chi connectivity index (χ2n) is 4.42. The van der Waals surface area contributed by atoms with E-state index in [1.54, 1.807) is 0 Å². The fourth-order valence-electron chi connectivity index (χ4n) is 1.83. The standard InChI is InChI=1S/C14H9Cl4NO3S/c15-9-1-4-11(5-2-9)19(8-14(18)20)23(21,22)13-7-10(16)3-6-12(13)17/h1-7H,8H2. The minimum Gasteiger partial charge on any atom is -0.279 e. The molecule has 0 radical (unpaired) electrons. The SMILES string of the molecule is O=C(Cl)CN(c1ccc(Cl)cc1)S(=O)(=O)c1cc(Cl)ccc1Cl. The van der Waals surface area contributed by atoms with Crippen LogP contribution < -0.4 is 4.31 Å². The zero-order chi connectivity index (χ0) is 17.2. The Morgan fingerprint density at radius 3 is 2.09 bits per heavy atom. The van der Waals surface area contributed by atoms with Crippen molar-refractivity contribution in [3.8, 4) is 0 Å². The van der Waals surface area contributed by atoms with Crippen LogP contribution in [0.15, 0.2) is 47.4 Å². The lowest BCUT2D eigenvalue weighted by atomic mass is 10.3. The molecule has 2 aromatic carbocycles. The van der Waals surface area contributed by atoms with E-state index in [1.807, 2.05) is 0 Å². The monoisotopic (exact) mass is 411 g/mol. The van der Waals surface area contributed by atoms with E-state index in [0.717, 1.165) is 4.31 Å². The zero-order valence-electron chi connectivity index (χ0n) is 11.3. The molecule has 0 unspecified atom stereocenters. The lowest BCUT2D eigenvalue weighted by molar-refractivity contribution is -0.110. The molecule has 0 bridgehead atoms. The molecule has 0 N–H and O–H groups in total. The molecule has 122 valence electrons. The van der Waals surface area contributed by atoms with Gasteiger partial charge in [-0.1, -0.05) is 34.8 Å². The Bertz CT molecular complexity index is 838. The van der Waals surface area contributed by atoms with Crippen molar-refractivity contribution in [1.82, 2.24) is 0 Å². The van der Waals surface area contributed by atoms with Gasteiger partial charge in [0.1, 0.15) is 11.4 Å². The van der Waals surface area contributed by atoms with E-state index in [2.05, 4.69) is 0 Å². The Balaban J connectivity index is 2.59. The summed E-state index contributed by atoms with van der Waals surface area (Å²) >= 11 is 23.0. The Morgan fingerprint density at radius 2 is 1.52 bits per heavy atom. The van der Waals surface area contributed by atoms with E-state index >= 15 is 0 Å². The maximum atomic E-state index is 12.9. The number of carbonyl (C=O) groups is 1. The Kier molecular flexibility index (Phi) is 5.81. The maximum Gasteiger partial charge on any atom is 0.266 e. The van der Waals surface area contributed by atoms with Gasteiger partial charge in [-0.05, 0) is 54.1 Å². The van der Waals surface area contributed by atoms with Crippen molar-refractivity contribution in [1.29, 1.82) is 0 Å². The van der Waals surface area contributed by atoms with Crippen molar-refractivity contribution in [2.75, 3.05) is 10.8 Å². The highest BCUT2D eigenvalue weighted by molar-refractivity contribution is 7.93. The average molecular weight is 413 g/mol. The fraction of sp³-hybridized carbons (Fsp3) is 0.0714. The molecule has 9 heteroatoms. The van der Waals surface area contributed by atoms with Crippen LogP contribution in [0.2, 0.25) is 15.1 Å². The molecule has 0 saturated heterocycles. The van der Waals surface area contributed by atoms with Crippen LogP contribution in [0.4, 0.5) is 5.69 Å². The molecule has 0 aliphatic carbocycles. The van der Waals surface area contributed by atoms with E-state index in [0.29, 0.717) is 5.02 Å². The summed E-state index contributed by atoms with van der Waals surface area (Å²) in [6.45, 7) is -0.561. The molecule has 2 aromatic rings. The van der Waals surface area contributed by atoms with E-state index in [1.165, 1.54) is 42.5 Å². The summed E-state index contributed by atoms with van der Waals surface area (Å²) in [5, 5.41) is -0.248. The second-order valence-corrected chi connectivity index (χ2v) is 7.95. The van der Waals surface area contributed by atoms with Gasteiger partial charge in [0.05, 0.1) is 10.7 Å². The third kappa shape index (κ3) is 4.31. The highest BCUT2D eigenvalue weighted by atomic mass is 35.5. The molecule has 2 rings (SSSR count). The second kappa shape index (κ2) is 7.28. The summed E-state index contributed by atoms with van der Waals surface area (Å²) in [5.41, 5.74) is 0.222. The Hall–Kier alpha value is -0.980. The Labute approximate surface area is 153 Å². The van der Waals surface area contributed by atoms with Crippen molar-refractivity contribution in [3.05, 3.63) is 57.5 Å². The van der Waals surface area contributed by atoms with Crippen LogP contribution in [0.3, 0.4) is 0 Å². The van der Waals surface area contributed by atoms with Gasteiger partial charge in [-0.2, -0.15) is 0 Å². The first kappa shape index (κ1) is 18.4. The number of anilines is 1. The van der Waals surface area contributed by atoms with Gasteiger partial charge in [-0.3, -0.25) is 9.10 Å². The minimum absolute atomic E-state index is 0.0182. The predicted octanol–water partition coefficient (Wildman–Crippen LogP) is 4.61. The van der Waals surface area contributed by atoms with Gasteiger partial charge >= 0.3 is 0 Å². The van der Waals surface area contributed by atoms with E-state index in [-0.39, 0.29) is 20.6 Å². The molecule has 0 aliphatic rings. The van der Waals surface area contributed by atoms with E-state index < -0.39 is 21.8 Å². The normalized spacial score (nSPS) is 11.3. The lowest BCUT2D eigenvalue weighted by Crippen LogP contribution is -2.34. The third-order valence-corrected chi connectivity index (χ3v) is 5.71. The Morgan fingerprint density at radius 1 is 0.957 bits per heavy atom. The van der Waals surface area contributed by atoms with Crippen LogP contribution in [0.25, 0.3) is 0 Å². The largest absolute Gasteiger partial charge is 0.279 e. The molecule has 0 spiro atoms. The summed E-state index contributed by atoms with van der Waals surface area (Å²) in [6, 6.07) is 9.94. The molecular formula is C14H9Cl4NO3S. The molecule has 0 aromatic heterocycles. The first-order valence-corrected chi connectivity index (χ1v) is 9.08. The van der Waals surface area contributed by atoms with Gasteiger partial charge in [-0.25, -0.2) is 8.42 Å².